The van der Waals surface area contributed by atoms with Crippen LogP contribution in [0, 0.1) is 0 Å². The maximum Gasteiger partial charge on any atom is 0.0422 e. The van der Waals surface area contributed by atoms with E-state index in [-0.39, 0.29) is 6.04 Å². The van der Waals surface area contributed by atoms with Crippen LogP contribution in [-0.2, 0) is 0 Å². The predicted octanol–water partition coefficient (Wildman–Crippen LogP) is 5.12. The molecule has 0 aliphatic heterocycles. The van der Waals surface area contributed by atoms with Crippen LogP contribution >= 0.6 is 27.7 Å². The monoisotopic (exact) mass is 347 g/mol. The topological polar surface area (TPSA) is 26.0 Å². The Hall–Kier alpha value is -0.770. The van der Waals surface area contributed by atoms with Gasteiger partial charge in [0.25, 0.3) is 0 Å². The third-order valence-corrected chi connectivity index (χ3v) is 5.83. The van der Waals surface area contributed by atoms with Crippen molar-refractivity contribution in [3.63, 3.8) is 0 Å². The number of fused-ring (bicyclic) bond motifs is 1. The molecule has 0 spiro atoms. The van der Waals surface area contributed by atoms with E-state index in [4.69, 9.17) is 5.73 Å². The molecule has 0 aromatic heterocycles. The Morgan fingerprint density at radius 1 is 1.05 bits per heavy atom. The van der Waals surface area contributed by atoms with Gasteiger partial charge in [-0.1, -0.05) is 47.1 Å². The standard InChI is InChI=1S/C17H18BrNS/c1-11-10-16(20-13-8-6-12(18)7-9-13)17(19)15-5-3-2-4-14(11)15/h2-9,11,16-17H,10,19H2,1H3. The molecule has 1 nitrogen and oxygen atoms in total. The lowest BCUT2D eigenvalue weighted by Gasteiger charge is -2.34. The highest BCUT2D eigenvalue weighted by molar-refractivity contribution is 9.10. The molecule has 20 heavy (non-hydrogen) atoms. The van der Waals surface area contributed by atoms with Crippen LogP contribution in [0.2, 0.25) is 0 Å². The molecule has 0 radical (unpaired) electrons. The number of hydrogen-bond donors (Lipinski definition) is 1. The van der Waals surface area contributed by atoms with Gasteiger partial charge >= 0.3 is 0 Å². The third-order valence-electron chi connectivity index (χ3n) is 3.97. The molecule has 3 heteroatoms. The largest absolute Gasteiger partial charge is 0.323 e. The summed E-state index contributed by atoms with van der Waals surface area (Å²) < 4.78 is 1.12. The third kappa shape index (κ3) is 2.80. The quantitative estimate of drug-likeness (QED) is 0.815. The van der Waals surface area contributed by atoms with Crippen molar-refractivity contribution in [1.82, 2.24) is 0 Å². The maximum atomic E-state index is 6.50. The minimum Gasteiger partial charge on any atom is -0.323 e. The first-order chi connectivity index (χ1) is 9.65. The van der Waals surface area contributed by atoms with Crippen molar-refractivity contribution >= 4 is 27.7 Å². The summed E-state index contributed by atoms with van der Waals surface area (Å²) in [6.07, 6.45) is 1.14. The van der Waals surface area contributed by atoms with Gasteiger partial charge in [-0.05, 0) is 47.7 Å². The van der Waals surface area contributed by atoms with E-state index >= 15 is 0 Å². The highest BCUT2D eigenvalue weighted by Crippen LogP contribution is 2.43. The van der Waals surface area contributed by atoms with Gasteiger partial charge in [-0.25, -0.2) is 0 Å². The summed E-state index contributed by atoms with van der Waals surface area (Å²) in [5.74, 6) is 0.582. The summed E-state index contributed by atoms with van der Waals surface area (Å²) >= 11 is 5.38. The van der Waals surface area contributed by atoms with Crippen LogP contribution in [0.15, 0.2) is 57.9 Å². The fraction of sp³-hybridized carbons (Fsp3) is 0.294. The van der Waals surface area contributed by atoms with Crippen LogP contribution in [0.25, 0.3) is 0 Å². The first-order valence-electron chi connectivity index (χ1n) is 6.92. The number of hydrogen-bond acceptors (Lipinski definition) is 2. The normalized spacial score (nSPS) is 25.2. The second-order valence-corrected chi connectivity index (χ2v) is 7.63. The molecular formula is C17H18BrNS. The number of benzene rings is 2. The molecule has 0 saturated heterocycles. The maximum absolute atomic E-state index is 6.50. The molecule has 1 aliphatic carbocycles. The van der Waals surface area contributed by atoms with E-state index in [9.17, 15) is 0 Å². The first kappa shape index (κ1) is 14.2. The molecular weight excluding hydrogens is 330 g/mol. The second kappa shape index (κ2) is 5.92. The molecule has 104 valence electrons. The summed E-state index contributed by atoms with van der Waals surface area (Å²) in [7, 11) is 0. The summed E-state index contributed by atoms with van der Waals surface area (Å²) in [5, 5.41) is 0.445. The van der Waals surface area contributed by atoms with Gasteiger partial charge in [-0.15, -0.1) is 11.8 Å². The number of thioether (sulfide) groups is 1. The van der Waals surface area contributed by atoms with Gasteiger partial charge in [-0.2, -0.15) is 0 Å². The van der Waals surface area contributed by atoms with E-state index in [1.54, 1.807) is 0 Å². The van der Waals surface area contributed by atoms with Gasteiger partial charge in [0.15, 0.2) is 0 Å². The van der Waals surface area contributed by atoms with E-state index in [1.165, 1.54) is 16.0 Å². The molecule has 0 bridgehead atoms. The second-order valence-electron chi connectivity index (χ2n) is 5.40. The molecule has 3 rings (SSSR count). The minimum atomic E-state index is 0.121. The zero-order chi connectivity index (χ0) is 14.1. The zero-order valence-electron chi connectivity index (χ0n) is 11.4. The molecule has 1 aliphatic rings. The van der Waals surface area contributed by atoms with Crippen LogP contribution in [0.1, 0.15) is 36.4 Å². The molecule has 3 unspecified atom stereocenters. The molecule has 2 N–H and O–H groups in total. The molecule has 3 atom stereocenters. The predicted molar refractivity (Wildman–Crippen MR) is 90.2 cm³/mol. The van der Waals surface area contributed by atoms with E-state index < -0.39 is 0 Å². The molecule has 0 heterocycles. The molecule has 0 saturated carbocycles. The highest BCUT2D eigenvalue weighted by atomic mass is 79.9. The van der Waals surface area contributed by atoms with E-state index in [0.29, 0.717) is 11.2 Å². The number of nitrogens with two attached hydrogens (primary N) is 1. The van der Waals surface area contributed by atoms with Gasteiger partial charge in [0.2, 0.25) is 0 Å². The van der Waals surface area contributed by atoms with Gasteiger partial charge < -0.3 is 5.73 Å². The van der Waals surface area contributed by atoms with Crippen molar-refractivity contribution in [2.24, 2.45) is 5.73 Å². The van der Waals surface area contributed by atoms with Gasteiger partial charge in [-0.3, -0.25) is 0 Å². The van der Waals surface area contributed by atoms with Crippen molar-refractivity contribution < 1.29 is 0 Å². The van der Waals surface area contributed by atoms with E-state index in [1.807, 2.05) is 11.8 Å². The van der Waals surface area contributed by atoms with E-state index in [0.717, 1.165) is 10.9 Å². The fourth-order valence-corrected chi connectivity index (χ4v) is 4.48. The van der Waals surface area contributed by atoms with E-state index in [2.05, 4.69) is 71.4 Å². The van der Waals surface area contributed by atoms with Crippen LogP contribution in [0.4, 0.5) is 0 Å². The first-order valence-corrected chi connectivity index (χ1v) is 8.59. The Morgan fingerprint density at radius 2 is 1.70 bits per heavy atom. The lowest BCUT2D eigenvalue weighted by atomic mass is 9.81. The highest BCUT2D eigenvalue weighted by Gasteiger charge is 2.31. The fourth-order valence-electron chi connectivity index (χ4n) is 2.89. The zero-order valence-corrected chi connectivity index (χ0v) is 13.8. The Labute approximate surface area is 133 Å². The van der Waals surface area contributed by atoms with Crippen molar-refractivity contribution in [2.75, 3.05) is 0 Å². The van der Waals surface area contributed by atoms with Crippen molar-refractivity contribution in [3.8, 4) is 0 Å². The SMILES string of the molecule is CC1CC(Sc2ccc(Br)cc2)C(N)c2ccccc21. The number of halogens is 1. The van der Waals surface area contributed by atoms with Crippen LogP contribution in [0.3, 0.4) is 0 Å². The average molecular weight is 348 g/mol. The molecule has 2 aromatic rings. The smallest absolute Gasteiger partial charge is 0.0422 e. The van der Waals surface area contributed by atoms with Crippen molar-refractivity contribution in [3.05, 3.63) is 64.1 Å². The summed E-state index contributed by atoms with van der Waals surface area (Å²) in [6, 6.07) is 17.2. The molecule has 2 aromatic carbocycles. The lowest BCUT2D eigenvalue weighted by molar-refractivity contribution is 0.527. The van der Waals surface area contributed by atoms with Gasteiger partial charge in [0, 0.05) is 20.7 Å². The minimum absolute atomic E-state index is 0.121. The Balaban J connectivity index is 1.84. The summed E-state index contributed by atoms with van der Waals surface area (Å²) in [4.78, 5) is 1.29. The number of rotatable bonds is 2. The Morgan fingerprint density at radius 3 is 2.40 bits per heavy atom. The van der Waals surface area contributed by atoms with Crippen LogP contribution in [0.5, 0.6) is 0 Å². The van der Waals surface area contributed by atoms with Gasteiger partial charge in [0.1, 0.15) is 0 Å². The van der Waals surface area contributed by atoms with Crippen molar-refractivity contribution in [1.29, 1.82) is 0 Å². The Kier molecular flexibility index (Phi) is 4.20. The van der Waals surface area contributed by atoms with Crippen molar-refractivity contribution in [2.45, 2.75) is 35.4 Å². The molecule has 0 amide bonds. The Bertz CT molecular complexity index is 596. The lowest BCUT2D eigenvalue weighted by Crippen LogP contribution is -2.30. The average Bonchev–Trinajstić information content (AvgIpc) is 2.47. The summed E-state index contributed by atoms with van der Waals surface area (Å²) in [5.41, 5.74) is 9.24. The molecule has 0 fully saturated rings. The van der Waals surface area contributed by atoms with Crippen LogP contribution in [-0.4, -0.2) is 5.25 Å². The van der Waals surface area contributed by atoms with Gasteiger partial charge in [0.05, 0.1) is 0 Å². The summed E-state index contributed by atoms with van der Waals surface area (Å²) in [6.45, 7) is 2.31. The van der Waals surface area contributed by atoms with Crippen LogP contribution < -0.4 is 5.73 Å².